The summed E-state index contributed by atoms with van der Waals surface area (Å²) in [5.41, 5.74) is 1.96. The Morgan fingerprint density at radius 1 is 1.53 bits per heavy atom. The highest BCUT2D eigenvalue weighted by Crippen LogP contribution is 2.35. The fraction of sp³-hybridized carbons (Fsp3) is 0.692. The van der Waals surface area contributed by atoms with Crippen LogP contribution in [0.15, 0.2) is 16.8 Å². The van der Waals surface area contributed by atoms with Crippen LogP contribution in [0.3, 0.4) is 0 Å². The topological polar surface area (TPSA) is 12.0 Å². The summed E-state index contributed by atoms with van der Waals surface area (Å²) in [5, 5.41) is 8.25. The quantitative estimate of drug-likeness (QED) is 0.804. The van der Waals surface area contributed by atoms with Gasteiger partial charge in [0.05, 0.1) is 0 Å². The molecular formula is C13H21NS. The molecular weight excluding hydrogens is 202 g/mol. The molecule has 1 N–H and O–H groups in total. The summed E-state index contributed by atoms with van der Waals surface area (Å²) in [6, 6.07) is 2.85. The molecule has 1 aromatic heterocycles. The molecule has 1 aliphatic carbocycles. The predicted octanol–water partition coefficient (Wildman–Crippen LogP) is 3.60. The fourth-order valence-corrected chi connectivity index (χ4v) is 3.22. The van der Waals surface area contributed by atoms with Crippen LogP contribution in [0.25, 0.3) is 0 Å². The molecule has 0 saturated heterocycles. The molecule has 0 spiro atoms. The minimum atomic E-state index is 0.482. The third-order valence-corrected chi connectivity index (χ3v) is 4.39. The second-order valence-corrected chi connectivity index (χ2v) is 5.65. The van der Waals surface area contributed by atoms with Crippen molar-refractivity contribution in [3.05, 3.63) is 22.4 Å². The number of hydrogen-bond acceptors (Lipinski definition) is 2. The zero-order chi connectivity index (χ0) is 10.7. The van der Waals surface area contributed by atoms with Crippen LogP contribution in [0.5, 0.6) is 0 Å². The highest BCUT2D eigenvalue weighted by molar-refractivity contribution is 7.07. The third kappa shape index (κ3) is 2.61. The summed E-state index contributed by atoms with van der Waals surface area (Å²) in [6.07, 6.45) is 6.60. The molecule has 1 unspecified atom stereocenters. The van der Waals surface area contributed by atoms with Crippen molar-refractivity contribution >= 4 is 11.3 Å². The van der Waals surface area contributed by atoms with Gasteiger partial charge in [-0.1, -0.05) is 6.92 Å². The van der Waals surface area contributed by atoms with Crippen molar-refractivity contribution in [3.63, 3.8) is 0 Å². The van der Waals surface area contributed by atoms with Crippen molar-refractivity contribution in [2.75, 3.05) is 0 Å². The molecule has 1 heterocycles. The zero-order valence-corrected chi connectivity index (χ0v) is 10.6. The van der Waals surface area contributed by atoms with Gasteiger partial charge in [0.15, 0.2) is 0 Å². The number of hydrogen-bond donors (Lipinski definition) is 1. The van der Waals surface area contributed by atoms with E-state index in [0.29, 0.717) is 11.6 Å². The SMILES string of the molecule is CCC1(NC(C)Cc2ccsc2)CCC1. The Labute approximate surface area is 96.9 Å². The fourth-order valence-electron chi connectivity index (χ4n) is 2.54. The molecule has 1 saturated carbocycles. The van der Waals surface area contributed by atoms with Gasteiger partial charge in [0.1, 0.15) is 0 Å². The zero-order valence-electron chi connectivity index (χ0n) is 9.75. The average Bonchev–Trinajstić information content (AvgIpc) is 2.64. The lowest BCUT2D eigenvalue weighted by atomic mass is 9.74. The Bertz CT molecular complexity index is 282. The van der Waals surface area contributed by atoms with Gasteiger partial charge in [-0.05, 0) is 61.4 Å². The van der Waals surface area contributed by atoms with E-state index in [1.165, 1.54) is 37.7 Å². The molecule has 1 aliphatic rings. The summed E-state index contributed by atoms with van der Waals surface area (Å²) in [5.74, 6) is 0. The van der Waals surface area contributed by atoms with Gasteiger partial charge in [0.25, 0.3) is 0 Å². The van der Waals surface area contributed by atoms with Crippen LogP contribution in [0.1, 0.15) is 45.1 Å². The van der Waals surface area contributed by atoms with Gasteiger partial charge >= 0.3 is 0 Å². The van der Waals surface area contributed by atoms with E-state index < -0.39 is 0 Å². The van der Waals surface area contributed by atoms with Gasteiger partial charge in [-0.15, -0.1) is 0 Å². The Hall–Kier alpha value is -0.340. The van der Waals surface area contributed by atoms with Crippen LogP contribution in [0, 0.1) is 0 Å². The van der Waals surface area contributed by atoms with E-state index in [4.69, 9.17) is 0 Å². The average molecular weight is 223 g/mol. The molecule has 15 heavy (non-hydrogen) atoms. The first-order valence-electron chi connectivity index (χ1n) is 6.03. The summed E-state index contributed by atoms with van der Waals surface area (Å²) in [7, 11) is 0. The van der Waals surface area contributed by atoms with Gasteiger partial charge in [-0.2, -0.15) is 11.3 Å². The molecule has 0 amide bonds. The standard InChI is InChI=1S/C13H21NS/c1-3-13(6-4-7-13)14-11(2)9-12-5-8-15-10-12/h5,8,10-11,14H,3-4,6-7,9H2,1-2H3. The maximum absolute atomic E-state index is 3.82. The Balaban J connectivity index is 1.84. The molecule has 0 bridgehead atoms. The molecule has 2 heteroatoms. The maximum Gasteiger partial charge on any atom is 0.0181 e. The summed E-state index contributed by atoms with van der Waals surface area (Å²) < 4.78 is 0. The van der Waals surface area contributed by atoms with Gasteiger partial charge in [0, 0.05) is 11.6 Å². The first-order valence-corrected chi connectivity index (χ1v) is 6.97. The van der Waals surface area contributed by atoms with Gasteiger partial charge < -0.3 is 5.32 Å². The Morgan fingerprint density at radius 3 is 2.80 bits per heavy atom. The summed E-state index contributed by atoms with van der Waals surface area (Å²) in [4.78, 5) is 0. The van der Waals surface area contributed by atoms with Crippen LogP contribution in [-0.2, 0) is 6.42 Å². The molecule has 84 valence electrons. The molecule has 1 atom stereocenters. The normalized spacial score (nSPS) is 20.9. The molecule has 0 aliphatic heterocycles. The highest BCUT2D eigenvalue weighted by Gasteiger charge is 2.35. The third-order valence-electron chi connectivity index (χ3n) is 3.66. The molecule has 1 fully saturated rings. The Kier molecular flexibility index (Phi) is 3.47. The lowest BCUT2D eigenvalue weighted by Crippen LogP contribution is -2.54. The number of rotatable bonds is 5. The monoisotopic (exact) mass is 223 g/mol. The van der Waals surface area contributed by atoms with E-state index in [9.17, 15) is 0 Å². The van der Waals surface area contributed by atoms with Gasteiger partial charge in [-0.3, -0.25) is 0 Å². The summed E-state index contributed by atoms with van der Waals surface area (Å²) in [6.45, 7) is 4.62. The molecule has 0 radical (unpaired) electrons. The van der Waals surface area contributed by atoms with Crippen LogP contribution in [0.4, 0.5) is 0 Å². The second-order valence-electron chi connectivity index (χ2n) is 4.87. The van der Waals surface area contributed by atoms with Crippen molar-refractivity contribution < 1.29 is 0 Å². The van der Waals surface area contributed by atoms with Crippen molar-refractivity contribution in [2.45, 2.75) is 57.5 Å². The second kappa shape index (κ2) is 4.67. The van der Waals surface area contributed by atoms with E-state index in [1.54, 1.807) is 11.3 Å². The number of thiophene rings is 1. The number of nitrogens with one attached hydrogen (secondary N) is 1. The molecule has 1 nitrogen and oxygen atoms in total. The van der Waals surface area contributed by atoms with Crippen LogP contribution >= 0.6 is 11.3 Å². The van der Waals surface area contributed by atoms with E-state index in [2.05, 4.69) is 36.0 Å². The Morgan fingerprint density at radius 2 is 2.33 bits per heavy atom. The molecule has 1 aromatic rings. The maximum atomic E-state index is 3.82. The molecule has 0 aromatic carbocycles. The van der Waals surface area contributed by atoms with E-state index in [1.807, 2.05) is 0 Å². The molecule has 2 rings (SSSR count). The summed E-state index contributed by atoms with van der Waals surface area (Å²) >= 11 is 1.80. The van der Waals surface area contributed by atoms with Crippen LogP contribution < -0.4 is 5.32 Å². The smallest absolute Gasteiger partial charge is 0.0181 e. The highest BCUT2D eigenvalue weighted by atomic mass is 32.1. The van der Waals surface area contributed by atoms with Crippen molar-refractivity contribution in [2.24, 2.45) is 0 Å². The van der Waals surface area contributed by atoms with E-state index in [0.717, 1.165) is 0 Å². The first-order chi connectivity index (χ1) is 7.24. The van der Waals surface area contributed by atoms with Crippen LogP contribution in [0.2, 0.25) is 0 Å². The van der Waals surface area contributed by atoms with Crippen molar-refractivity contribution in [1.29, 1.82) is 0 Å². The van der Waals surface area contributed by atoms with Crippen molar-refractivity contribution in [3.8, 4) is 0 Å². The largest absolute Gasteiger partial charge is 0.308 e. The van der Waals surface area contributed by atoms with Gasteiger partial charge in [0.2, 0.25) is 0 Å². The minimum Gasteiger partial charge on any atom is -0.308 e. The van der Waals surface area contributed by atoms with Crippen molar-refractivity contribution in [1.82, 2.24) is 5.32 Å². The predicted molar refractivity (Wildman–Crippen MR) is 67.5 cm³/mol. The van der Waals surface area contributed by atoms with Crippen LogP contribution in [-0.4, -0.2) is 11.6 Å². The lowest BCUT2D eigenvalue weighted by molar-refractivity contribution is 0.160. The van der Waals surface area contributed by atoms with E-state index in [-0.39, 0.29) is 0 Å². The first kappa shape index (κ1) is 11.2. The lowest BCUT2D eigenvalue weighted by Gasteiger charge is -2.44. The van der Waals surface area contributed by atoms with E-state index >= 15 is 0 Å². The minimum absolute atomic E-state index is 0.482. The van der Waals surface area contributed by atoms with Gasteiger partial charge in [-0.25, -0.2) is 0 Å².